The van der Waals surface area contributed by atoms with Gasteiger partial charge < -0.3 is 9.80 Å². The van der Waals surface area contributed by atoms with Crippen molar-refractivity contribution in [2.75, 3.05) is 32.7 Å². The Morgan fingerprint density at radius 3 is 1.92 bits per heavy atom. The standard InChI is InChI=1S/C18H30N2O.C2H6.CH4/c1-6-16(18(21)15(4)5)9-10-17(7-2)20-13-11-19(8-3)12-14-20;1-2;/h6-7,9-10,15H,8,11-14H2,1-5H3;1-2H3;1H4/b10-9-,16-6+,17-7+;;. The van der Waals surface area contributed by atoms with Crippen molar-refractivity contribution in [3.8, 4) is 0 Å². The number of allylic oxidation sites excluding steroid dienone is 5. The molecule has 0 atom stereocenters. The van der Waals surface area contributed by atoms with Crippen molar-refractivity contribution in [2.45, 2.75) is 55.9 Å². The van der Waals surface area contributed by atoms with Crippen molar-refractivity contribution in [1.29, 1.82) is 0 Å². The largest absolute Gasteiger partial charge is 0.369 e. The van der Waals surface area contributed by atoms with Gasteiger partial charge in [0, 0.05) is 43.4 Å². The lowest BCUT2D eigenvalue weighted by atomic mass is 10.0. The SMILES string of the molecule is C.CC.C\C=C(/C=C\C(=C/C)N1CCN(CC)CC1)C(=O)C(C)C. The summed E-state index contributed by atoms with van der Waals surface area (Å²) in [5.41, 5.74) is 2.01. The van der Waals surface area contributed by atoms with Gasteiger partial charge in [0.25, 0.3) is 0 Å². The van der Waals surface area contributed by atoms with E-state index < -0.39 is 0 Å². The van der Waals surface area contributed by atoms with Crippen LogP contribution in [0.5, 0.6) is 0 Å². The van der Waals surface area contributed by atoms with Gasteiger partial charge in [-0.25, -0.2) is 0 Å². The second kappa shape index (κ2) is 14.0. The highest BCUT2D eigenvalue weighted by molar-refractivity contribution is 5.99. The van der Waals surface area contributed by atoms with E-state index in [1.54, 1.807) is 0 Å². The predicted octanol–water partition coefficient (Wildman–Crippen LogP) is 4.92. The topological polar surface area (TPSA) is 23.6 Å². The fourth-order valence-corrected chi connectivity index (χ4v) is 2.54. The van der Waals surface area contributed by atoms with Crippen LogP contribution in [0.15, 0.2) is 35.6 Å². The highest BCUT2D eigenvalue weighted by atomic mass is 16.1. The second-order valence-corrected chi connectivity index (χ2v) is 5.73. The average molecular weight is 337 g/mol. The first-order valence-electron chi connectivity index (χ1n) is 9.05. The zero-order valence-electron chi connectivity index (χ0n) is 16.2. The summed E-state index contributed by atoms with van der Waals surface area (Å²) < 4.78 is 0. The first-order chi connectivity index (χ1) is 11.0. The molecule has 1 aliphatic heterocycles. The molecule has 1 rings (SSSR count). The molecule has 0 amide bonds. The van der Waals surface area contributed by atoms with Gasteiger partial charge in [-0.3, -0.25) is 4.79 Å². The number of carbonyl (C=O) groups excluding carboxylic acids is 1. The van der Waals surface area contributed by atoms with Crippen molar-refractivity contribution in [3.05, 3.63) is 35.6 Å². The molecular weight excluding hydrogens is 296 g/mol. The summed E-state index contributed by atoms with van der Waals surface area (Å²) in [5, 5.41) is 0. The summed E-state index contributed by atoms with van der Waals surface area (Å²) in [6.07, 6.45) is 8.08. The molecule has 0 radical (unpaired) electrons. The number of carbonyl (C=O) groups is 1. The van der Waals surface area contributed by atoms with E-state index in [0.29, 0.717) is 0 Å². The Morgan fingerprint density at radius 2 is 1.54 bits per heavy atom. The summed E-state index contributed by atoms with van der Waals surface area (Å²) in [6.45, 7) is 19.6. The van der Waals surface area contributed by atoms with E-state index in [2.05, 4.69) is 35.8 Å². The zero-order valence-corrected chi connectivity index (χ0v) is 16.2. The molecule has 0 unspecified atom stereocenters. The smallest absolute Gasteiger partial charge is 0.165 e. The molecule has 24 heavy (non-hydrogen) atoms. The Hall–Kier alpha value is -1.35. The van der Waals surface area contributed by atoms with Crippen LogP contribution in [0.2, 0.25) is 0 Å². The van der Waals surface area contributed by atoms with Gasteiger partial charge in [0.1, 0.15) is 0 Å². The van der Waals surface area contributed by atoms with Crippen LogP contribution in [0, 0.1) is 5.92 Å². The number of Topliss-reactive ketones (excluding diaryl/α,β-unsaturated/α-hetero) is 1. The molecule has 1 aliphatic rings. The molecule has 0 aromatic carbocycles. The number of piperazine rings is 1. The monoisotopic (exact) mass is 336 g/mol. The van der Waals surface area contributed by atoms with Crippen LogP contribution in [-0.2, 0) is 4.79 Å². The summed E-state index contributed by atoms with van der Waals surface area (Å²) in [7, 11) is 0. The van der Waals surface area contributed by atoms with Gasteiger partial charge in [-0.2, -0.15) is 0 Å². The molecule has 1 fully saturated rings. The van der Waals surface area contributed by atoms with E-state index in [0.717, 1.165) is 38.3 Å². The lowest BCUT2D eigenvalue weighted by Gasteiger charge is -2.36. The van der Waals surface area contributed by atoms with Crippen LogP contribution in [0.3, 0.4) is 0 Å². The van der Waals surface area contributed by atoms with Gasteiger partial charge in [0.2, 0.25) is 0 Å². The van der Waals surface area contributed by atoms with E-state index in [4.69, 9.17) is 0 Å². The second-order valence-electron chi connectivity index (χ2n) is 5.73. The minimum Gasteiger partial charge on any atom is -0.369 e. The minimum absolute atomic E-state index is 0. The summed E-state index contributed by atoms with van der Waals surface area (Å²) in [6, 6.07) is 0. The number of nitrogens with zero attached hydrogens (tertiary/aromatic N) is 2. The number of hydrogen-bond donors (Lipinski definition) is 0. The third-order valence-corrected chi connectivity index (χ3v) is 4.03. The molecule has 0 spiro atoms. The molecule has 0 aromatic heterocycles. The molecule has 0 aromatic rings. The fraction of sp³-hybridized carbons (Fsp3) is 0.667. The van der Waals surface area contributed by atoms with Crippen LogP contribution in [0.4, 0.5) is 0 Å². The van der Waals surface area contributed by atoms with E-state index in [-0.39, 0.29) is 19.1 Å². The molecule has 0 bridgehead atoms. The van der Waals surface area contributed by atoms with E-state index in [1.807, 2.05) is 46.8 Å². The van der Waals surface area contributed by atoms with Crippen LogP contribution < -0.4 is 0 Å². The Balaban J connectivity index is 0. The Kier molecular flexibility index (Phi) is 14.6. The lowest BCUT2D eigenvalue weighted by Crippen LogP contribution is -2.45. The van der Waals surface area contributed by atoms with Crippen LogP contribution in [-0.4, -0.2) is 48.3 Å². The van der Waals surface area contributed by atoms with Crippen molar-refractivity contribution in [2.24, 2.45) is 5.92 Å². The highest BCUT2D eigenvalue weighted by Crippen LogP contribution is 2.14. The van der Waals surface area contributed by atoms with Crippen molar-refractivity contribution in [3.63, 3.8) is 0 Å². The summed E-state index contributed by atoms with van der Waals surface area (Å²) in [4.78, 5) is 16.9. The minimum atomic E-state index is 0. The van der Waals surface area contributed by atoms with E-state index in [1.165, 1.54) is 5.70 Å². The number of hydrogen-bond acceptors (Lipinski definition) is 3. The number of rotatable bonds is 6. The van der Waals surface area contributed by atoms with Crippen molar-refractivity contribution < 1.29 is 4.79 Å². The Bertz CT molecular complexity index is 425. The summed E-state index contributed by atoms with van der Waals surface area (Å²) in [5.74, 6) is 0.253. The molecule has 0 N–H and O–H groups in total. The summed E-state index contributed by atoms with van der Waals surface area (Å²) >= 11 is 0. The number of ketones is 1. The van der Waals surface area contributed by atoms with Gasteiger partial charge in [-0.05, 0) is 32.5 Å². The van der Waals surface area contributed by atoms with Crippen LogP contribution in [0.25, 0.3) is 0 Å². The molecule has 1 heterocycles. The van der Waals surface area contributed by atoms with Crippen molar-refractivity contribution >= 4 is 5.78 Å². The van der Waals surface area contributed by atoms with Gasteiger partial charge >= 0.3 is 0 Å². The zero-order chi connectivity index (χ0) is 17.8. The Labute approximate surface area is 151 Å². The first-order valence-corrected chi connectivity index (χ1v) is 9.05. The van der Waals surface area contributed by atoms with Gasteiger partial charge in [0.05, 0.1) is 0 Å². The molecular formula is C21H40N2O. The molecule has 1 saturated heterocycles. The molecule has 140 valence electrons. The van der Waals surface area contributed by atoms with Crippen LogP contribution >= 0.6 is 0 Å². The first kappa shape index (κ1) is 24.9. The van der Waals surface area contributed by atoms with Crippen LogP contribution in [0.1, 0.15) is 55.9 Å². The maximum Gasteiger partial charge on any atom is 0.165 e. The Morgan fingerprint density at radius 1 is 1.00 bits per heavy atom. The maximum absolute atomic E-state index is 12.1. The predicted molar refractivity (Wildman–Crippen MR) is 108 cm³/mol. The number of likely N-dealkylation sites (N-methyl/N-ethyl adjacent to an activating group) is 1. The molecule has 3 nitrogen and oxygen atoms in total. The highest BCUT2D eigenvalue weighted by Gasteiger charge is 2.16. The van der Waals surface area contributed by atoms with Crippen molar-refractivity contribution in [1.82, 2.24) is 9.80 Å². The van der Waals surface area contributed by atoms with E-state index >= 15 is 0 Å². The molecule has 0 saturated carbocycles. The third kappa shape index (κ3) is 7.96. The fourth-order valence-electron chi connectivity index (χ4n) is 2.54. The normalized spacial score (nSPS) is 16.8. The average Bonchev–Trinajstić information content (AvgIpc) is 2.60. The lowest BCUT2D eigenvalue weighted by molar-refractivity contribution is -0.117. The third-order valence-electron chi connectivity index (χ3n) is 4.03. The molecule has 0 aliphatic carbocycles. The molecule has 3 heteroatoms. The van der Waals surface area contributed by atoms with Gasteiger partial charge in [-0.1, -0.05) is 54.2 Å². The van der Waals surface area contributed by atoms with Gasteiger partial charge in [-0.15, -0.1) is 0 Å². The van der Waals surface area contributed by atoms with E-state index in [9.17, 15) is 4.79 Å². The van der Waals surface area contributed by atoms with Gasteiger partial charge in [0.15, 0.2) is 5.78 Å². The maximum atomic E-state index is 12.1. The quantitative estimate of drug-likeness (QED) is 0.508.